The van der Waals surface area contributed by atoms with E-state index in [0.29, 0.717) is 5.56 Å². The van der Waals surface area contributed by atoms with Gasteiger partial charge >= 0.3 is 11.9 Å². The molecule has 2 saturated heterocycles. The van der Waals surface area contributed by atoms with E-state index in [2.05, 4.69) is 0 Å². The first-order valence-electron chi connectivity index (χ1n) is 14.8. The highest BCUT2D eigenvalue weighted by Crippen LogP contribution is 2.39. The zero-order valence-corrected chi connectivity index (χ0v) is 26.4. The van der Waals surface area contributed by atoms with Crippen LogP contribution in [0.3, 0.4) is 0 Å². The number of hydrogen-bond donors (Lipinski definition) is 6. The summed E-state index contributed by atoms with van der Waals surface area (Å²) in [6.45, 7) is -0.0435. The molecule has 3 aliphatic rings. The van der Waals surface area contributed by atoms with Crippen LogP contribution in [-0.2, 0) is 30.1 Å². The van der Waals surface area contributed by atoms with E-state index in [1.54, 1.807) is 6.92 Å². The third-order valence-electron chi connectivity index (χ3n) is 8.20. The number of cyclic esters (lactones) is 1. The fraction of sp³-hybridized carbons (Fsp3) is 0.548. The number of phenolic OH excluding ortho intramolecular Hbond substituents is 1. The van der Waals surface area contributed by atoms with Gasteiger partial charge in [-0.2, -0.15) is 0 Å². The molecule has 0 bridgehead atoms. The normalized spacial score (nSPS) is 31.4. The molecule has 3 heterocycles. The topological polar surface area (TPSA) is 239 Å². The summed E-state index contributed by atoms with van der Waals surface area (Å²) in [6, 6.07) is 5.28. The summed E-state index contributed by atoms with van der Waals surface area (Å²) in [5.74, 6) is -1.35. The summed E-state index contributed by atoms with van der Waals surface area (Å²) < 4.78 is 48.4. The van der Waals surface area contributed by atoms with Crippen LogP contribution in [0.15, 0.2) is 24.3 Å². The number of methoxy groups -OCH3 is 3. The van der Waals surface area contributed by atoms with E-state index < -0.39 is 92.3 Å². The van der Waals surface area contributed by atoms with Crippen LogP contribution in [0.2, 0.25) is 0 Å². The first-order valence-corrected chi connectivity index (χ1v) is 14.8. The van der Waals surface area contributed by atoms with Crippen LogP contribution in [0, 0.1) is 0 Å². The van der Waals surface area contributed by atoms with E-state index in [9.17, 15) is 40.2 Å². The molecule has 17 nitrogen and oxygen atoms in total. The van der Waals surface area contributed by atoms with Crippen molar-refractivity contribution in [2.24, 2.45) is 0 Å². The second-order valence-corrected chi connectivity index (χ2v) is 11.6. The van der Waals surface area contributed by atoms with Crippen LogP contribution in [0.1, 0.15) is 33.2 Å². The molecule has 264 valence electrons. The van der Waals surface area contributed by atoms with Gasteiger partial charge in [0.1, 0.15) is 60.3 Å². The number of ether oxygens (including phenoxy) is 9. The number of benzene rings is 2. The molecule has 0 spiro atoms. The van der Waals surface area contributed by atoms with E-state index in [0.717, 1.165) is 6.07 Å². The summed E-state index contributed by atoms with van der Waals surface area (Å²) in [6.07, 6.45) is -11.5. The Morgan fingerprint density at radius 3 is 2.29 bits per heavy atom. The lowest BCUT2D eigenvalue weighted by molar-refractivity contribution is -0.289. The van der Waals surface area contributed by atoms with Crippen LogP contribution in [0.25, 0.3) is 0 Å². The van der Waals surface area contributed by atoms with Crippen molar-refractivity contribution in [3.8, 4) is 28.7 Å². The summed E-state index contributed by atoms with van der Waals surface area (Å²) >= 11 is 0. The number of aliphatic hydroxyl groups is 5. The average Bonchev–Trinajstić information content (AvgIpc) is 3.34. The lowest BCUT2D eigenvalue weighted by atomic mass is 9.97. The van der Waals surface area contributed by atoms with E-state index >= 15 is 0 Å². The van der Waals surface area contributed by atoms with Crippen molar-refractivity contribution in [2.45, 2.75) is 68.1 Å². The van der Waals surface area contributed by atoms with E-state index in [1.807, 2.05) is 0 Å². The Hall–Kier alpha value is -3.94. The van der Waals surface area contributed by atoms with Crippen molar-refractivity contribution < 1.29 is 82.9 Å². The fourth-order valence-corrected chi connectivity index (χ4v) is 5.59. The van der Waals surface area contributed by atoms with Gasteiger partial charge in [0.15, 0.2) is 23.4 Å². The number of aliphatic hydroxyl groups excluding tert-OH is 4. The Balaban J connectivity index is 1.19. The van der Waals surface area contributed by atoms with Crippen molar-refractivity contribution in [1.29, 1.82) is 0 Å². The average molecular weight is 683 g/mol. The summed E-state index contributed by atoms with van der Waals surface area (Å²) in [5, 5.41) is 63.8. The number of aromatic hydroxyl groups is 1. The number of carbonyl (C=O) groups excluding carboxylic acids is 2. The summed E-state index contributed by atoms with van der Waals surface area (Å²) in [5.41, 5.74) is -1.66. The van der Waals surface area contributed by atoms with Gasteiger partial charge in [-0.15, -0.1) is 0 Å². The number of carbonyl (C=O) groups is 2. The second kappa shape index (κ2) is 14.3. The minimum Gasteiger partial charge on any atom is -0.507 e. The number of hydrogen-bond acceptors (Lipinski definition) is 17. The summed E-state index contributed by atoms with van der Waals surface area (Å²) in [4.78, 5) is 25.0. The Kier molecular flexibility index (Phi) is 10.5. The third kappa shape index (κ3) is 6.94. The van der Waals surface area contributed by atoms with Gasteiger partial charge in [0.25, 0.3) is 0 Å². The molecule has 2 aromatic carbocycles. The van der Waals surface area contributed by atoms with Gasteiger partial charge < -0.3 is 73.3 Å². The minimum atomic E-state index is -2.09. The van der Waals surface area contributed by atoms with Crippen LogP contribution in [0.5, 0.6) is 28.7 Å². The Morgan fingerprint density at radius 1 is 0.958 bits per heavy atom. The predicted molar refractivity (Wildman–Crippen MR) is 157 cm³/mol. The minimum absolute atomic E-state index is 0.00106. The van der Waals surface area contributed by atoms with Crippen molar-refractivity contribution in [1.82, 2.24) is 0 Å². The van der Waals surface area contributed by atoms with E-state index in [-0.39, 0.29) is 40.5 Å². The molecule has 2 fully saturated rings. The van der Waals surface area contributed by atoms with Crippen LogP contribution >= 0.6 is 0 Å². The van der Waals surface area contributed by atoms with Gasteiger partial charge in [0.05, 0.1) is 40.1 Å². The van der Waals surface area contributed by atoms with Crippen LogP contribution in [0.4, 0.5) is 0 Å². The zero-order chi connectivity index (χ0) is 34.9. The molecule has 9 atom stereocenters. The Bertz CT molecular complexity index is 1470. The molecule has 5 rings (SSSR count). The molecule has 48 heavy (non-hydrogen) atoms. The van der Waals surface area contributed by atoms with Gasteiger partial charge in [0.2, 0.25) is 12.0 Å². The van der Waals surface area contributed by atoms with Crippen LogP contribution < -0.4 is 18.9 Å². The van der Waals surface area contributed by atoms with Gasteiger partial charge in [-0.1, -0.05) is 0 Å². The smallest absolute Gasteiger partial charge is 0.342 e. The molecule has 0 amide bonds. The molecule has 6 N–H and O–H groups in total. The number of phenols is 1. The maximum atomic E-state index is 12.8. The monoisotopic (exact) mass is 682 g/mol. The van der Waals surface area contributed by atoms with Crippen molar-refractivity contribution in [3.05, 3.63) is 41.0 Å². The van der Waals surface area contributed by atoms with Gasteiger partial charge in [-0.05, 0) is 30.7 Å². The van der Waals surface area contributed by atoms with Crippen molar-refractivity contribution >= 4 is 11.9 Å². The SMILES string of the molecule is COc1cc(C(=O)OC[C@]2(O)CO[C@H](OC[C@@H]3O[C@H](Oc4cc(O)c5c(c4)C[C@H](C)OC5=O)[C@@H](O)[C@H](O)[C@H]3O)[C@H]2O)cc(OC)c1OC. The standard InChI is InChI=1S/C31H38O17/c1-13-5-14-6-16(9-17(32)21(14)28(38)46-13)47-29-24(35)23(34)22(33)20(48-29)10-43-30-26(36)31(39,12-45-30)11-44-27(37)15-7-18(40-2)25(42-4)19(8-15)41-3/h6-9,13,20,22-24,26,29-30,32-36,39H,5,10-12H2,1-4H3/t13-,20-,22-,23+,24-,26+,29-,30-,31-/m0/s1. The van der Waals surface area contributed by atoms with E-state index in [4.69, 9.17) is 42.6 Å². The molecule has 0 unspecified atom stereocenters. The molecule has 2 aromatic rings. The lowest BCUT2D eigenvalue weighted by Gasteiger charge is -2.40. The van der Waals surface area contributed by atoms with Gasteiger partial charge in [-0.3, -0.25) is 0 Å². The van der Waals surface area contributed by atoms with Crippen molar-refractivity contribution in [3.63, 3.8) is 0 Å². The largest absolute Gasteiger partial charge is 0.507 e. The highest BCUT2D eigenvalue weighted by molar-refractivity contribution is 5.95. The number of esters is 2. The zero-order valence-electron chi connectivity index (χ0n) is 26.4. The third-order valence-corrected chi connectivity index (χ3v) is 8.20. The maximum Gasteiger partial charge on any atom is 0.342 e. The molecule has 3 aliphatic heterocycles. The van der Waals surface area contributed by atoms with Gasteiger partial charge in [0, 0.05) is 12.5 Å². The predicted octanol–water partition coefficient (Wildman–Crippen LogP) is -0.972. The Labute approximate surface area is 274 Å². The highest BCUT2D eigenvalue weighted by atomic mass is 16.7. The maximum absolute atomic E-state index is 12.8. The van der Waals surface area contributed by atoms with Gasteiger partial charge in [-0.25, -0.2) is 9.59 Å². The molecular weight excluding hydrogens is 644 g/mol. The molecule has 17 heteroatoms. The van der Waals surface area contributed by atoms with E-state index in [1.165, 1.54) is 39.5 Å². The molecular formula is C31H38O17. The number of fused-ring (bicyclic) bond motifs is 1. The second-order valence-electron chi connectivity index (χ2n) is 11.6. The molecule has 0 aliphatic carbocycles. The highest BCUT2D eigenvalue weighted by Gasteiger charge is 2.51. The molecule has 0 saturated carbocycles. The molecule has 0 radical (unpaired) electrons. The lowest BCUT2D eigenvalue weighted by Crippen LogP contribution is -2.60. The molecule has 0 aromatic heterocycles. The first-order chi connectivity index (χ1) is 22.8. The fourth-order valence-electron chi connectivity index (χ4n) is 5.59. The van der Waals surface area contributed by atoms with Crippen molar-refractivity contribution in [2.75, 3.05) is 41.2 Å². The quantitative estimate of drug-likeness (QED) is 0.156. The first kappa shape index (κ1) is 35.4. The number of rotatable bonds is 11. The Morgan fingerprint density at radius 2 is 1.65 bits per heavy atom. The van der Waals surface area contributed by atoms with Crippen LogP contribution in [-0.4, -0.2) is 139 Å². The summed E-state index contributed by atoms with van der Waals surface area (Å²) in [7, 11) is 4.14.